The van der Waals surface area contributed by atoms with Crippen molar-refractivity contribution in [1.82, 2.24) is 15.0 Å². The lowest BCUT2D eigenvalue weighted by molar-refractivity contribution is 0.670. The van der Waals surface area contributed by atoms with Gasteiger partial charge in [-0.25, -0.2) is 15.0 Å². The first-order valence-electron chi connectivity index (χ1n) is 20.8. The largest absolute Gasteiger partial charge is 0.455 e. The van der Waals surface area contributed by atoms with Crippen LogP contribution in [0.5, 0.6) is 0 Å². The summed E-state index contributed by atoms with van der Waals surface area (Å²) in [7, 11) is 0. The van der Waals surface area contributed by atoms with Gasteiger partial charge in [-0.2, -0.15) is 0 Å². The van der Waals surface area contributed by atoms with Crippen LogP contribution >= 0.6 is 11.3 Å². The van der Waals surface area contributed by atoms with E-state index < -0.39 is 6.04 Å². The molecule has 0 fully saturated rings. The van der Waals surface area contributed by atoms with Gasteiger partial charge in [-0.3, -0.25) is 0 Å². The molecule has 0 atom stereocenters. The molecule has 0 saturated carbocycles. The zero-order valence-corrected chi connectivity index (χ0v) is 30.5. The van der Waals surface area contributed by atoms with Gasteiger partial charge in [-0.1, -0.05) is 170 Å². The Balaban J connectivity index is 0.993. The minimum atomic E-state index is -0.402. The van der Waals surface area contributed by atoms with Gasteiger partial charge in [-0.05, 0) is 46.0 Å². The Morgan fingerprint density at radius 2 is 0.893 bits per heavy atom. The van der Waals surface area contributed by atoms with Crippen molar-refractivity contribution in [3.8, 4) is 67.5 Å². The quantitative estimate of drug-likeness (QED) is 0.170. The number of para-hydroxylation sites is 2. The van der Waals surface area contributed by atoms with Gasteiger partial charge in [0.15, 0.2) is 17.5 Å². The van der Waals surface area contributed by atoms with Gasteiger partial charge in [0.1, 0.15) is 11.2 Å². The van der Waals surface area contributed by atoms with Crippen molar-refractivity contribution in [2.75, 3.05) is 0 Å². The third-order valence-corrected chi connectivity index (χ3v) is 11.5. The SMILES string of the molecule is [2H]c1c([2H])c([2H])c(-c2ccc(-c3ccc(-c4cccc5c4oc4c(-c6nc(-c7ccccc7)nc(-c7cccc8c7sc7ccccc78)n6)cccc45)cc3)cc2)c([2H])c1[2H]. The predicted molar refractivity (Wildman–Crippen MR) is 233 cm³/mol. The number of hydrogen-bond donors (Lipinski definition) is 0. The van der Waals surface area contributed by atoms with E-state index in [9.17, 15) is 0 Å². The first kappa shape index (κ1) is 27.4. The summed E-state index contributed by atoms with van der Waals surface area (Å²) in [6.45, 7) is 0. The fraction of sp³-hybridized carbons (Fsp3) is 0. The van der Waals surface area contributed by atoms with E-state index in [0.29, 0.717) is 28.6 Å². The maximum atomic E-state index is 8.38. The van der Waals surface area contributed by atoms with Crippen LogP contribution in [0.3, 0.4) is 0 Å². The maximum Gasteiger partial charge on any atom is 0.167 e. The molecule has 4 nitrogen and oxygen atoms in total. The smallest absolute Gasteiger partial charge is 0.167 e. The summed E-state index contributed by atoms with van der Waals surface area (Å²) in [6, 6.07) is 51.2. The van der Waals surface area contributed by atoms with Crippen molar-refractivity contribution < 1.29 is 11.3 Å². The molecule has 11 aromatic rings. The van der Waals surface area contributed by atoms with Crippen LogP contribution in [0.1, 0.15) is 6.85 Å². The van der Waals surface area contributed by atoms with E-state index in [0.717, 1.165) is 60.0 Å². The molecule has 0 radical (unpaired) electrons. The summed E-state index contributed by atoms with van der Waals surface area (Å²) < 4.78 is 50.1. The van der Waals surface area contributed by atoms with Crippen molar-refractivity contribution in [2.45, 2.75) is 0 Å². The predicted octanol–water partition coefficient (Wildman–Crippen LogP) is 14.1. The molecular formula is C51H31N3OS. The van der Waals surface area contributed by atoms with Crippen molar-refractivity contribution >= 4 is 53.4 Å². The van der Waals surface area contributed by atoms with E-state index in [2.05, 4.69) is 84.9 Å². The van der Waals surface area contributed by atoms with Crippen LogP contribution in [0.2, 0.25) is 0 Å². The highest BCUT2D eigenvalue weighted by Crippen LogP contribution is 2.42. The molecule has 0 aliphatic heterocycles. The minimum absolute atomic E-state index is 0.187. The Bertz CT molecular complexity index is 3500. The van der Waals surface area contributed by atoms with Gasteiger partial charge < -0.3 is 4.42 Å². The molecule has 0 spiro atoms. The molecular weight excluding hydrogens is 703 g/mol. The summed E-state index contributed by atoms with van der Waals surface area (Å²) in [5.74, 6) is 1.70. The first-order chi connectivity index (χ1) is 29.8. The highest BCUT2D eigenvalue weighted by molar-refractivity contribution is 7.26. The number of thiophene rings is 1. The molecule has 8 aromatic carbocycles. The molecule has 0 unspecified atom stereocenters. The summed E-state index contributed by atoms with van der Waals surface area (Å²) >= 11 is 1.74. The van der Waals surface area contributed by atoms with E-state index in [-0.39, 0.29) is 29.7 Å². The summed E-state index contributed by atoms with van der Waals surface area (Å²) in [5, 5.41) is 4.32. The second-order valence-corrected chi connectivity index (χ2v) is 14.6. The standard InChI is InChI=1S/C51H31N3OS/c1-3-12-32(13-4-1)33-24-26-34(27-25-33)35-28-30-36(31-29-35)38-17-9-18-40-41-19-10-21-43(47(41)55-46(38)40)50-52-49(37-14-5-2-6-15-37)53-51(54-50)44-22-11-20-42-39-16-7-8-23-45(39)56-48(42)44/h1-31H/i1D,3D,4D,12D,13D. The lowest BCUT2D eigenvalue weighted by Crippen LogP contribution is -2.00. The molecule has 3 aromatic heterocycles. The Labute approximate surface area is 334 Å². The summed E-state index contributed by atoms with van der Waals surface area (Å²) in [4.78, 5) is 15.3. The number of fused-ring (bicyclic) bond motifs is 6. The zero-order valence-electron chi connectivity index (χ0n) is 34.7. The Kier molecular flexibility index (Phi) is 6.49. The van der Waals surface area contributed by atoms with Crippen LogP contribution in [0.15, 0.2) is 192 Å². The number of furan rings is 1. The Morgan fingerprint density at radius 3 is 1.61 bits per heavy atom. The van der Waals surface area contributed by atoms with E-state index in [4.69, 9.17) is 26.2 Å². The van der Waals surface area contributed by atoms with Crippen LogP contribution in [0.25, 0.3) is 110 Å². The summed E-state index contributed by atoms with van der Waals surface area (Å²) in [6.07, 6.45) is 0. The average molecular weight is 739 g/mol. The van der Waals surface area contributed by atoms with Crippen molar-refractivity contribution in [3.05, 3.63) is 188 Å². The highest BCUT2D eigenvalue weighted by atomic mass is 32.1. The van der Waals surface area contributed by atoms with Gasteiger partial charge in [-0.15, -0.1) is 11.3 Å². The first-order valence-corrected chi connectivity index (χ1v) is 19.1. The fourth-order valence-corrected chi connectivity index (χ4v) is 8.76. The van der Waals surface area contributed by atoms with Crippen molar-refractivity contribution in [2.24, 2.45) is 0 Å². The van der Waals surface area contributed by atoms with Crippen LogP contribution in [0.4, 0.5) is 0 Å². The van der Waals surface area contributed by atoms with Gasteiger partial charge in [0.2, 0.25) is 0 Å². The Morgan fingerprint density at radius 1 is 0.375 bits per heavy atom. The number of aromatic nitrogens is 3. The monoisotopic (exact) mass is 738 g/mol. The van der Waals surface area contributed by atoms with Crippen LogP contribution in [0, 0.1) is 0 Å². The molecule has 11 rings (SSSR count). The number of hydrogen-bond acceptors (Lipinski definition) is 5. The topological polar surface area (TPSA) is 51.8 Å². The second kappa shape index (κ2) is 13.3. The summed E-state index contributed by atoms with van der Waals surface area (Å²) in [5.41, 5.74) is 8.65. The average Bonchev–Trinajstić information content (AvgIpc) is 3.90. The minimum Gasteiger partial charge on any atom is -0.455 e. The van der Waals surface area contributed by atoms with Gasteiger partial charge in [0.25, 0.3) is 0 Å². The molecule has 0 amide bonds. The molecule has 0 aliphatic rings. The molecule has 56 heavy (non-hydrogen) atoms. The normalized spacial score (nSPS) is 12.8. The zero-order chi connectivity index (χ0) is 41.4. The van der Waals surface area contributed by atoms with Gasteiger partial charge >= 0.3 is 0 Å². The fourth-order valence-electron chi connectivity index (χ4n) is 7.55. The molecule has 0 saturated heterocycles. The van der Waals surface area contributed by atoms with Crippen LogP contribution < -0.4 is 0 Å². The Hall–Kier alpha value is -7.21. The number of benzene rings is 8. The van der Waals surface area contributed by atoms with Crippen LogP contribution in [-0.2, 0) is 0 Å². The lowest BCUT2D eigenvalue weighted by Gasteiger charge is -2.09. The highest BCUT2D eigenvalue weighted by Gasteiger charge is 2.21. The van der Waals surface area contributed by atoms with E-state index >= 15 is 0 Å². The van der Waals surface area contributed by atoms with Crippen molar-refractivity contribution in [1.29, 1.82) is 0 Å². The van der Waals surface area contributed by atoms with Crippen LogP contribution in [-0.4, -0.2) is 15.0 Å². The third-order valence-electron chi connectivity index (χ3n) is 10.3. The molecule has 5 heteroatoms. The van der Waals surface area contributed by atoms with E-state index in [1.807, 2.05) is 60.7 Å². The molecule has 0 N–H and O–H groups in total. The number of rotatable bonds is 6. The maximum absolute atomic E-state index is 8.38. The molecule has 262 valence electrons. The molecule has 0 aliphatic carbocycles. The lowest BCUT2D eigenvalue weighted by atomic mass is 9.97. The van der Waals surface area contributed by atoms with Crippen molar-refractivity contribution in [3.63, 3.8) is 0 Å². The number of nitrogens with zero attached hydrogens (tertiary/aromatic N) is 3. The third kappa shape index (κ3) is 5.48. The molecule has 3 heterocycles. The molecule has 0 bridgehead atoms. The van der Waals surface area contributed by atoms with E-state index in [1.165, 1.54) is 15.5 Å². The van der Waals surface area contributed by atoms with Gasteiger partial charge in [0, 0.05) is 47.6 Å². The van der Waals surface area contributed by atoms with E-state index in [1.54, 1.807) is 23.5 Å². The van der Waals surface area contributed by atoms with Gasteiger partial charge in [0.05, 0.1) is 12.4 Å². The second-order valence-electron chi connectivity index (χ2n) is 13.6.